The van der Waals surface area contributed by atoms with Crippen molar-refractivity contribution in [3.05, 3.63) is 54.1 Å². The van der Waals surface area contributed by atoms with Gasteiger partial charge in [-0.15, -0.1) is 0 Å². The molecule has 0 saturated carbocycles. The Labute approximate surface area is 139 Å². The lowest BCUT2D eigenvalue weighted by molar-refractivity contribution is -0.147. The molecule has 2 aromatic rings. The molecule has 0 aliphatic carbocycles. The molecule has 0 aliphatic heterocycles. The first-order valence-corrected chi connectivity index (χ1v) is 7.16. The van der Waals surface area contributed by atoms with Gasteiger partial charge >= 0.3 is 5.97 Å². The number of esters is 1. The summed E-state index contributed by atoms with van der Waals surface area (Å²) in [4.78, 5) is 28.0. The van der Waals surface area contributed by atoms with Gasteiger partial charge in [0.05, 0.1) is 24.4 Å². The molecule has 6 nitrogen and oxygen atoms in total. The fraction of sp³-hybridized carbons (Fsp3) is 0.167. The molecule has 6 heteroatoms. The summed E-state index contributed by atoms with van der Waals surface area (Å²) in [5, 5.41) is 9.86. The van der Waals surface area contributed by atoms with E-state index < -0.39 is 5.97 Å². The molecular formula is C18H16N2O4. The Morgan fingerprint density at radius 1 is 1.04 bits per heavy atom. The molecule has 0 spiro atoms. The van der Waals surface area contributed by atoms with Crippen LogP contribution in [0.4, 0.5) is 5.69 Å². The summed E-state index contributed by atoms with van der Waals surface area (Å²) >= 11 is 0. The smallest absolute Gasteiger partial charge is 0.334 e. The maximum atomic E-state index is 11.7. The number of carbonyl (C=O) groups excluding carboxylic acids is 2. The third-order valence-corrected chi connectivity index (χ3v) is 3.27. The SMILES string of the molecule is COC(=O)CON(C(C)=O)c1ccc(-c2ccc(C#N)cc2)cc1. The van der Waals surface area contributed by atoms with Gasteiger partial charge in [-0.3, -0.25) is 9.63 Å². The molecule has 0 bridgehead atoms. The average Bonchev–Trinajstić information content (AvgIpc) is 2.62. The van der Waals surface area contributed by atoms with Gasteiger partial charge in [0.25, 0.3) is 0 Å². The van der Waals surface area contributed by atoms with E-state index in [1.165, 1.54) is 14.0 Å². The van der Waals surface area contributed by atoms with Crippen LogP contribution < -0.4 is 5.06 Å². The highest BCUT2D eigenvalue weighted by Gasteiger charge is 2.15. The lowest BCUT2D eigenvalue weighted by atomic mass is 10.0. The topological polar surface area (TPSA) is 79.6 Å². The molecule has 0 aliphatic rings. The zero-order chi connectivity index (χ0) is 17.5. The molecule has 1 amide bonds. The third-order valence-electron chi connectivity index (χ3n) is 3.27. The van der Waals surface area contributed by atoms with Gasteiger partial charge in [-0.1, -0.05) is 24.3 Å². The van der Waals surface area contributed by atoms with Gasteiger partial charge in [-0.05, 0) is 35.4 Å². The highest BCUT2D eigenvalue weighted by molar-refractivity contribution is 5.90. The predicted molar refractivity (Wildman–Crippen MR) is 87.7 cm³/mol. The first kappa shape index (κ1) is 17.2. The Morgan fingerprint density at radius 2 is 1.58 bits per heavy atom. The molecule has 0 N–H and O–H groups in total. The summed E-state index contributed by atoms with van der Waals surface area (Å²) in [6.45, 7) is 0.985. The summed E-state index contributed by atoms with van der Waals surface area (Å²) in [6, 6.07) is 16.3. The van der Waals surface area contributed by atoms with E-state index in [1.54, 1.807) is 24.3 Å². The van der Waals surface area contributed by atoms with Crippen LogP contribution in [0.5, 0.6) is 0 Å². The van der Waals surface area contributed by atoms with Gasteiger partial charge in [-0.25, -0.2) is 4.79 Å². The number of hydrogen-bond acceptors (Lipinski definition) is 5. The molecule has 0 saturated heterocycles. The van der Waals surface area contributed by atoms with Crippen LogP contribution in [-0.4, -0.2) is 25.6 Å². The Balaban J connectivity index is 2.17. The highest BCUT2D eigenvalue weighted by atomic mass is 16.7. The van der Waals surface area contributed by atoms with E-state index in [0.717, 1.165) is 16.2 Å². The fourth-order valence-electron chi connectivity index (χ4n) is 2.05. The maximum Gasteiger partial charge on any atom is 0.334 e. The largest absolute Gasteiger partial charge is 0.467 e. The number of benzene rings is 2. The van der Waals surface area contributed by atoms with Gasteiger partial charge in [0.1, 0.15) is 0 Å². The zero-order valence-corrected chi connectivity index (χ0v) is 13.4. The van der Waals surface area contributed by atoms with E-state index in [2.05, 4.69) is 10.8 Å². The Hall–Kier alpha value is -3.17. The minimum Gasteiger partial charge on any atom is -0.467 e. The number of methoxy groups -OCH3 is 1. The minimum absolute atomic E-state index is 0.354. The lowest BCUT2D eigenvalue weighted by Gasteiger charge is -2.19. The van der Waals surface area contributed by atoms with Crippen molar-refractivity contribution in [2.75, 3.05) is 18.8 Å². The van der Waals surface area contributed by atoms with Gasteiger partial charge in [0.15, 0.2) is 6.61 Å². The van der Waals surface area contributed by atoms with E-state index >= 15 is 0 Å². The van der Waals surface area contributed by atoms with Crippen LogP contribution in [0.3, 0.4) is 0 Å². The summed E-state index contributed by atoms with van der Waals surface area (Å²) < 4.78 is 4.49. The first-order valence-electron chi connectivity index (χ1n) is 7.16. The quantitative estimate of drug-likeness (QED) is 0.624. The van der Waals surface area contributed by atoms with Gasteiger partial charge in [0, 0.05) is 6.92 Å². The van der Waals surface area contributed by atoms with Crippen molar-refractivity contribution in [1.82, 2.24) is 0 Å². The Kier molecular flexibility index (Phi) is 5.66. The fourth-order valence-corrected chi connectivity index (χ4v) is 2.05. The molecule has 0 fully saturated rings. The van der Waals surface area contributed by atoms with Crippen molar-refractivity contribution < 1.29 is 19.2 Å². The standard InChI is InChI=1S/C18H16N2O4/c1-13(21)20(24-12-18(22)23-2)17-9-7-16(8-10-17)15-5-3-14(11-19)4-6-15/h3-10H,12H2,1-2H3. The van der Waals surface area contributed by atoms with Crippen molar-refractivity contribution in [2.24, 2.45) is 0 Å². The van der Waals surface area contributed by atoms with Gasteiger partial charge in [-0.2, -0.15) is 10.3 Å². The number of ether oxygens (including phenoxy) is 1. The summed E-state index contributed by atoms with van der Waals surface area (Å²) in [6.07, 6.45) is 0. The summed E-state index contributed by atoms with van der Waals surface area (Å²) in [5.41, 5.74) is 2.98. The van der Waals surface area contributed by atoms with Crippen LogP contribution in [-0.2, 0) is 19.2 Å². The number of nitrogens with zero attached hydrogens (tertiary/aromatic N) is 2. The predicted octanol–water partition coefficient (Wildman–Crippen LogP) is 2.68. The molecular weight excluding hydrogens is 308 g/mol. The number of anilines is 1. The summed E-state index contributed by atoms with van der Waals surface area (Å²) in [5.74, 6) is -0.930. The molecule has 122 valence electrons. The van der Waals surface area contributed by atoms with E-state index in [1.807, 2.05) is 24.3 Å². The number of amides is 1. The number of hydrogen-bond donors (Lipinski definition) is 0. The van der Waals surface area contributed by atoms with E-state index in [9.17, 15) is 9.59 Å². The molecule has 0 radical (unpaired) electrons. The molecule has 0 aromatic heterocycles. The first-order chi connectivity index (χ1) is 11.5. The van der Waals surface area contributed by atoms with E-state index in [-0.39, 0.29) is 12.5 Å². The Morgan fingerprint density at radius 3 is 2.04 bits per heavy atom. The van der Waals surface area contributed by atoms with Crippen LogP contribution in [0.2, 0.25) is 0 Å². The van der Waals surface area contributed by atoms with Crippen molar-refractivity contribution in [3.8, 4) is 17.2 Å². The van der Waals surface area contributed by atoms with E-state index in [0.29, 0.717) is 11.3 Å². The van der Waals surface area contributed by atoms with Crippen molar-refractivity contribution in [1.29, 1.82) is 5.26 Å². The van der Waals surface area contributed by atoms with Crippen LogP contribution in [0.1, 0.15) is 12.5 Å². The number of hydroxylamine groups is 1. The van der Waals surface area contributed by atoms with Crippen molar-refractivity contribution in [3.63, 3.8) is 0 Å². The lowest BCUT2D eigenvalue weighted by Crippen LogP contribution is -2.31. The molecule has 0 unspecified atom stereocenters. The third kappa shape index (κ3) is 4.18. The second-order valence-electron chi connectivity index (χ2n) is 4.90. The van der Waals surface area contributed by atoms with Crippen LogP contribution in [0.25, 0.3) is 11.1 Å². The second kappa shape index (κ2) is 7.90. The minimum atomic E-state index is -0.574. The van der Waals surface area contributed by atoms with Crippen LogP contribution in [0, 0.1) is 11.3 Å². The molecule has 0 heterocycles. The normalized spacial score (nSPS) is 9.88. The molecule has 2 aromatic carbocycles. The Bertz CT molecular complexity index is 761. The van der Waals surface area contributed by atoms with Gasteiger partial charge in [0.2, 0.25) is 5.91 Å². The van der Waals surface area contributed by atoms with Gasteiger partial charge < -0.3 is 4.74 Å². The van der Waals surface area contributed by atoms with Crippen molar-refractivity contribution in [2.45, 2.75) is 6.92 Å². The van der Waals surface area contributed by atoms with E-state index in [4.69, 9.17) is 10.1 Å². The molecule has 24 heavy (non-hydrogen) atoms. The van der Waals surface area contributed by atoms with Crippen molar-refractivity contribution >= 4 is 17.6 Å². The van der Waals surface area contributed by atoms with Crippen LogP contribution in [0.15, 0.2) is 48.5 Å². The highest BCUT2D eigenvalue weighted by Crippen LogP contribution is 2.24. The second-order valence-corrected chi connectivity index (χ2v) is 4.90. The summed E-state index contributed by atoms with van der Waals surface area (Å²) in [7, 11) is 1.25. The number of carbonyl (C=O) groups is 2. The zero-order valence-electron chi connectivity index (χ0n) is 13.4. The average molecular weight is 324 g/mol. The maximum absolute atomic E-state index is 11.7. The number of nitriles is 1. The molecule has 0 atom stereocenters. The van der Waals surface area contributed by atoms with Crippen LogP contribution >= 0.6 is 0 Å². The monoisotopic (exact) mass is 324 g/mol. The number of rotatable bonds is 5. The molecule has 2 rings (SSSR count).